The summed E-state index contributed by atoms with van der Waals surface area (Å²) >= 11 is 0. The molecule has 7 nitrogen and oxygen atoms in total. The second kappa shape index (κ2) is 6.20. The largest absolute Gasteiger partial charge is 0.317 e. The lowest BCUT2D eigenvalue weighted by Gasteiger charge is -2.06. The summed E-state index contributed by atoms with van der Waals surface area (Å²) in [4.78, 5) is 10.0. The Morgan fingerprint density at radius 2 is 2.20 bits per heavy atom. The third kappa shape index (κ3) is 3.35. The van der Waals surface area contributed by atoms with E-state index in [1.54, 1.807) is 6.33 Å². The molecule has 0 aliphatic rings. The Morgan fingerprint density at radius 3 is 2.90 bits per heavy atom. The first-order chi connectivity index (χ1) is 9.60. The van der Waals surface area contributed by atoms with E-state index < -0.39 is 10.7 Å². The first-order valence-electron chi connectivity index (χ1n) is 6.11. The number of nitrogens with one attached hydrogen (secondary N) is 1. The van der Waals surface area contributed by atoms with Crippen LogP contribution in [-0.4, -0.2) is 19.7 Å². The van der Waals surface area contributed by atoms with Gasteiger partial charge in [0.2, 0.25) is 0 Å². The van der Waals surface area contributed by atoms with Crippen LogP contribution in [0.5, 0.6) is 0 Å². The van der Waals surface area contributed by atoms with Gasteiger partial charge in [-0.2, -0.15) is 0 Å². The van der Waals surface area contributed by atoms with Crippen molar-refractivity contribution >= 4 is 5.69 Å². The maximum Gasteiger partial charge on any atom is 0.272 e. The van der Waals surface area contributed by atoms with Gasteiger partial charge in [-0.3, -0.25) is 10.1 Å². The Labute approximate surface area is 114 Å². The van der Waals surface area contributed by atoms with Crippen LogP contribution < -0.4 is 5.32 Å². The number of nitro benzene ring substituents is 1. The molecule has 2 rings (SSSR count). The van der Waals surface area contributed by atoms with Crippen molar-refractivity contribution < 1.29 is 9.31 Å². The molecule has 106 valence electrons. The number of nitro groups is 1. The Kier molecular flexibility index (Phi) is 4.36. The van der Waals surface area contributed by atoms with Crippen molar-refractivity contribution in [2.45, 2.75) is 26.6 Å². The summed E-state index contributed by atoms with van der Waals surface area (Å²) < 4.78 is 15.1. The maximum absolute atomic E-state index is 13.2. The normalized spacial score (nSPS) is 10.7. The standard InChI is InChI=1S/C12H14FN5O2/c1-2-17-8-15-16-12(17)7-14-6-9-3-10(13)5-11(4-9)18(19)20/h3-5,8,14H,2,6-7H2,1H3. The van der Waals surface area contributed by atoms with Crippen molar-refractivity contribution in [2.24, 2.45) is 0 Å². The van der Waals surface area contributed by atoms with E-state index in [4.69, 9.17) is 0 Å². The molecule has 0 bridgehead atoms. The molecule has 0 radical (unpaired) electrons. The number of hydrogen-bond acceptors (Lipinski definition) is 5. The third-order valence-corrected chi connectivity index (χ3v) is 2.80. The first kappa shape index (κ1) is 14.1. The van der Waals surface area contributed by atoms with E-state index in [2.05, 4.69) is 15.5 Å². The molecule has 0 spiro atoms. The van der Waals surface area contributed by atoms with Crippen LogP contribution in [0, 0.1) is 15.9 Å². The molecule has 0 amide bonds. The van der Waals surface area contributed by atoms with E-state index in [1.807, 2.05) is 11.5 Å². The van der Waals surface area contributed by atoms with Gasteiger partial charge >= 0.3 is 0 Å². The first-order valence-corrected chi connectivity index (χ1v) is 6.11. The van der Waals surface area contributed by atoms with E-state index in [-0.39, 0.29) is 5.69 Å². The van der Waals surface area contributed by atoms with Crippen LogP contribution in [0.25, 0.3) is 0 Å². The molecule has 0 fully saturated rings. The fourth-order valence-corrected chi connectivity index (χ4v) is 1.84. The second-order valence-electron chi connectivity index (χ2n) is 4.21. The number of rotatable bonds is 6. The molecule has 20 heavy (non-hydrogen) atoms. The van der Waals surface area contributed by atoms with E-state index >= 15 is 0 Å². The van der Waals surface area contributed by atoms with Gasteiger partial charge in [0.1, 0.15) is 18.0 Å². The molecule has 0 aliphatic carbocycles. The van der Waals surface area contributed by atoms with Crippen molar-refractivity contribution in [3.63, 3.8) is 0 Å². The van der Waals surface area contributed by atoms with Gasteiger partial charge in [-0.1, -0.05) is 0 Å². The number of benzene rings is 1. The average molecular weight is 279 g/mol. The van der Waals surface area contributed by atoms with Crippen molar-refractivity contribution in [1.29, 1.82) is 0 Å². The summed E-state index contributed by atoms with van der Waals surface area (Å²) in [7, 11) is 0. The lowest BCUT2D eigenvalue weighted by atomic mass is 10.2. The van der Waals surface area contributed by atoms with Gasteiger partial charge in [-0.15, -0.1) is 10.2 Å². The fourth-order valence-electron chi connectivity index (χ4n) is 1.84. The Morgan fingerprint density at radius 1 is 1.40 bits per heavy atom. The van der Waals surface area contributed by atoms with Crippen molar-refractivity contribution in [3.05, 3.63) is 51.8 Å². The van der Waals surface area contributed by atoms with Crippen LogP contribution in [-0.2, 0) is 19.6 Å². The lowest BCUT2D eigenvalue weighted by molar-refractivity contribution is -0.385. The highest BCUT2D eigenvalue weighted by Crippen LogP contribution is 2.16. The summed E-state index contributed by atoms with van der Waals surface area (Å²) in [6.07, 6.45) is 1.63. The number of nitrogens with zero attached hydrogens (tertiary/aromatic N) is 4. The molecular weight excluding hydrogens is 265 g/mol. The minimum atomic E-state index is -0.618. The predicted octanol–water partition coefficient (Wildman–Crippen LogP) is 1.64. The van der Waals surface area contributed by atoms with E-state index in [0.717, 1.165) is 18.4 Å². The Hall–Kier alpha value is -2.35. The van der Waals surface area contributed by atoms with Gasteiger partial charge < -0.3 is 9.88 Å². The van der Waals surface area contributed by atoms with Crippen LogP contribution in [0.2, 0.25) is 0 Å². The van der Waals surface area contributed by atoms with Crippen molar-refractivity contribution in [2.75, 3.05) is 0 Å². The minimum Gasteiger partial charge on any atom is -0.317 e. The molecule has 0 saturated carbocycles. The average Bonchev–Trinajstić information content (AvgIpc) is 2.85. The van der Waals surface area contributed by atoms with Crippen molar-refractivity contribution in [3.8, 4) is 0 Å². The molecule has 1 heterocycles. The topological polar surface area (TPSA) is 85.9 Å². The van der Waals surface area contributed by atoms with Gasteiger partial charge in [0.05, 0.1) is 17.5 Å². The predicted molar refractivity (Wildman–Crippen MR) is 69.3 cm³/mol. The van der Waals surface area contributed by atoms with Gasteiger partial charge in [0.25, 0.3) is 5.69 Å². The van der Waals surface area contributed by atoms with E-state index in [9.17, 15) is 14.5 Å². The zero-order chi connectivity index (χ0) is 14.5. The molecule has 1 aromatic heterocycles. The molecule has 0 atom stereocenters. The molecule has 0 aliphatic heterocycles. The highest BCUT2D eigenvalue weighted by atomic mass is 19.1. The SMILES string of the molecule is CCn1cnnc1CNCc1cc(F)cc([N+](=O)[O-])c1. The molecule has 1 aromatic carbocycles. The molecule has 1 N–H and O–H groups in total. The Balaban J connectivity index is 1.99. The summed E-state index contributed by atoms with van der Waals surface area (Å²) in [5.41, 5.74) is 0.262. The van der Waals surface area contributed by atoms with Gasteiger partial charge in [-0.05, 0) is 18.6 Å². The summed E-state index contributed by atoms with van der Waals surface area (Å²) in [5, 5.41) is 21.4. The van der Waals surface area contributed by atoms with Gasteiger partial charge in [0, 0.05) is 19.2 Å². The molecule has 0 unspecified atom stereocenters. The quantitative estimate of drug-likeness (QED) is 0.641. The van der Waals surface area contributed by atoms with Crippen LogP contribution in [0.3, 0.4) is 0 Å². The lowest BCUT2D eigenvalue weighted by Crippen LogP contribution is -2.16. The second-order valence-corrected chi connectivity index (χ2v) is 4.21. The molecular formula is C12H14FN5O2. The third-order valence-electron chi connectivity index (χ3n) is 2.80. The number of halogens is 1. The molecule has 2 aromatic rings. The van der Waals surface area contributed by atoms with E-state index in [0.29, 0.717) is 18.7 Å². The molecule has 8 heteroatoms. The summed E-state index contributed by atoms with van der Waals surface area (Å²) in [6.45, 7) is 3.51. The van der Waals surface area contributed by atoms with Gasteiger partial charge in [0.15, 0.2) is 0 Å². The number of aromatic nitrogens is 3. The van der Waals surface area contributed by atoms with Gasteiger partial charge in [-0.25, -0.2) is 4.39 Å². The van der Waals surface area contributed by atoms with Crippen molar-refractivity contribution in [1.82, 2.24) is 20.1 Å². The number of hydrogen-bond donors (Lipinski definition) is 1. The number of non-ortho nitro benzene ring substituents is 1. The van der Waals surface area contributed by atoms with Crippen LogP contribution in [0.4, 0.5) is 10.1 Å². The Bertz CT molecular complexity index is 614. The molecule has 0 saturated heterocycles. The zero-order valence-corrected chi connectivity index (χ0v) is 10.9. The zero-order valence-electron chi connectivity index (χ0n) is 10.9. The highest BCUT2D eigenvalue weighted by molar-refractivity contribution is 5.35. The monoisotopic (exact) mass is 279 g/mol. The van der Waals surface area contributed by atoms with E-state index in [1.165, 1.54) is 12.1 Å². The fraction of sp³-hybridized carbons (Fsp3) is 0.333. The van der Waals surface area contributed by atoms with Crippen LogP contribution in [0.1, 0.15) is 18.3 Å². The number of aryl methyl sites for hydroxylation is 1. The summed E-state index contributed by atoms with van der Waals surface area (Å²) in [5.74, 6) is 0.145. The smallest absolute Gasteiger partial charge is 0.272 e. The minimum absolute atomic E-state index is 0.251. The van der Waals surface area contributed by atoms with Crippen LogP contribution in [0.15, 0.2) is 24.5 Å². The summed E-state index contributed by atoms with van der Waals surface area (Å²) in [6, 6.07) is 3.52. The highest BCUT2D eigenvalue weighted by Gasteiger charge is 2.10. The van der Waals surface area contributed by atoms with Crippen LogP contribution >= 0.6 is 0 Å². The maximum atomic E-state index is 13.2.